The number of aliphatic hydroxyl groups excluding tert-OH is 1. The number of hydrogen-bond acceptors (Lipinski definition) is 3. The zero-order chi connectivity index (χ0) is 13.1. The Bertz CT molecular complexity index is 543. The van der Waals surface area contributed by atoms with E-state index in [1.54, 1.807) is 19.1 Å². The third-order valence-electron chi connectivity index (χ3n) is 2.35. The predicted octanol–water partition coefficient (Wildman–Crippen LogP) is 3.56. The molecule has 0 aliphatic carbocycles. The maximum atomic E-state index is 13.4. The minimum atomic E-state index is -0.610. The van der Waals surface area contributed by atoms with Crippen LogP contribution in [-0.4, -0.2) is 10.1 Å². The Labute approximate surface area is 108 Å². The highest BCUT2D eigenvalue weighted by atomic mass is 32.2. The monoisotopic (exact) mass is 267 g/mol. The smallest absolute Gasteiger partial charge is 0.140 e. The van der Waals surface area contributed by atoms with Gasteiger partial charge in [-0.3, -0.25) is 0 Å². The lowest BCUT2D eigenvalue weighted by atomic mass is 10.2. The zero-order valence-corrected chi connectivity index (χ0v) is 10.4. The van der Waals surface area contributed by atoms with E-state index in [0.717, 1.165) is 17.8 Å². The van der Waals surface area contributed by atoms with Crippen molar-refractivity contribution in [3.63, 3.8) is 0 Å². The Morgan fingerprint density at radius 1 is 1.22 bits per heavy atom. The Kier molecular flexibility index (Phi) is 3.93. The molecule has 0 saturated heterocycles. The van der Waals surface area contributed by atoms with Gasteiger partial charge in [0.25, 0.3) is 0 Å². The second-order valence-electron chi connectivity index (χ2n) is 3.78. The molecule has 0 aliphatic heterocycles. The van der Waals surface area contributed by atoms with Crippen LogP contribution in [0.1, 0.15) is 18.6 Å². The fourth-order valence-electron chi connectivity index (χ4n) is 1.37. The molecule has 1 aromatic carbocycles. The minimum absolute atomic E-state index is 0.314. The summed E-state index contributed by atoms with van der Waals surface area (Å²) in [5.41, 5.74) is 0.693. The predicted molar refractivity (Wildman–Crippen MR) is 65.4 cm³/mol. The lowest BCUT2D eigenvalue weighted by molar-refractivity contribution is 0.198. The third kappa shape index (κ3) is 3.05. The largest absolute Gasteiger partial charge is 0.389 e. The molecule has 1 atom stereocenters. The van der Waals surface area contributed by atoms with E-state index in [1.807, 2.05) is 0 Å². The van der Waals surface area contributed by atoms with E-state index in [0.29, 0.717) is 15.5 Å². The van der Waals surface area contributed by atoms with Gasteiger partial charge in [-0.15, -0.1) is 0 Å². The van der Waals surface area contributed by atoms with Gasteiger partial charge in [0.1, 0.15) is 16.7 Å². The average molecular weight is 267 g/mol. The third-order valence-corrected chi connectivity index (χ3v) is 3.35. The summed E-state index contributed by atoms with van der Waals surface area (Å²) < 4.78 is 26.2. The highest BCUT2D eigenvalue weighted by Crippen LogP contribution is 2.29. The summed E-state index contributed by atoms with van der Waals surface area (Å²) in [4.78, 5) is 4.41. The Morgan fingerprint density at radius 3 is 2.56 bits per heavy atom. The van der Waals surface area contributed by atoms with Crippen LogP contribution >= 0.6 is 11.8 Å². The van der Waals surface area contributed by atoms with E-state index < -0.39 is 17.7 Å². The Morgan fingerprint density at radius 2 is 2.00 bits per heavy atom. The van der Waals surface area contributed by atoms with Crippen LogP contribution in [0, 0.1) is 11.6 Å². The van der Waals surface area contributed by atoms with Crippen LogP contribution in [-0.2, 0) is 0 Å². The summed E-state index contributed by atoms with van der Waals surface area (Å²) in [5.74, 6) is -1.21. The first-order valence-corrected chi connectivity index (χ1v) is 6.15. The van der Waals surface area contributed by atoms with Crippen molar-refractivity contribution in [2.24, 2.45) is 0 Å². The van der Waals surface area contributed by atoms with Crippen LogP contribution in [0.5, 0.6) is 0 Å². The van der Waals surface area contributed by atoms with Gasteiger partial charge < -0.3 is 5.11 Å². The van der Waals surface area contributed by atoms with Gasteiger partial charge >= 0.3 is 0 Å². The molecule has 0 radical (unpaired) electrons. The quantitative estimate of drug-likeness (QED) is 0.923. The van der Waals surface area contributed by atoms with Crippen LogP contribution in [0.4, 0.5) is 8.78 Å². The minimum Gasteiger partial charge on any atom is -0.389 e. The molecule has 0 unspecified atom stereocenters. The topological polar surface area (TPSA) is 33.1 Å². The van der Waals surface area contributed by atoms with Gasteiger partial charge in [0.05, 0.1) is 6.10 Å². The maximum absolute atomic E-state index is 13.4. The van der Waals surface area contributed by atoms with E-state index in [4.69, 9.17) is 0 Å². The van der Waals surface area contributed by atoms with Crippen LogP contribution in [0.15, 0.2) is 46.5 Å². The summed E-state index contributed by atoms with van der Waals surface area (Å²) >= 11 is 1.11. The molecular weight excluding hydrogens is 256 g/mol. The van der Waals surface area contributed by atoms with Gasteiger partial charge in [-0.05, 0) is 30.7 Å². The number of nitrogens with zero attached hydrogens (tertiary/aromatic N) is 1. The molecule has 2 aromatic rings. The van der Waals surface area contributed by atoms with Crippen molar-refractivity contribution in [3.05, 3.63) is 53.7 Å². The molecule has 2 nitrogen and oxygen atoms in total. The van der Waals surface area contributed by atoms with Crippen molar-refractivity contribution in [3.8, 4) is 0 Å². The van der Waals surface area contributed by atoms with Crippen LogP contribution in [0.3, 0.4) is 0 Å². The van der Waals surface area contributed by atoms with E-state index >= 15 is 0 Å². The van der Waals surface area contributed by atoms with Crippen molar-refractivity contribution in [1.82, 2.24) is 4.98 Å². The summed E-state index contributed by atoms with van der Waals surface area (Å²) in [6.45, 7) is 1.64. The van der Waals surface area contributed by atoms with Crippen molar-refractivity contribution in [2.75, 3.05) is 0 Å². The van der Waals surface area contributed by atoms with Gasteiger partial charge in [0.15, 0.2) is 0 Å². The molecule has 5 heteroatoms. The van der Waals surface area contributed by atoms with Gasteiger partial charge in [0, 0.05) is 17.2 Å². The summed E-state index contributed by atoms with van der Waals surface area (Å²) in [7, 11) is 0. The van der Waals surface area contributed by atoms with Crippen LogP contribution < -0.4 is 0 Å². The van der Waals surface area contributed by atoms with Gasteiger partial charge in [0.2, 0.25) is 0 Å². The SMILES string of the molecule is C[C@H](O)c1ccc(Sc2ccc(F)cc2F)nc1. The van der Waals surface area contributed by atoms with E-state index in [9.17, 15) is 13.9 Å². The van der Waals surface area contributed by atoms with Crippen LogP contribution in [0.25, 0.3) is 0 Å². The first-order chi connectivity index (χ1) is 8.56. The van der Waals surface area contributed by atoms with Gasteiger partial charge in [-0.2, -0.15) is 0 Å². The number of halogens is 2. The Balaban J connectivity index is 2.18. The lowest BCUT2D eigenvalue weighted by Gasteiger charge is -2.06. The molecule has 0 spiro atoms. The molecular formula is C13H11F2NOS. The van der Waals surface area contributed by atoms with Crippen molar-refractivity contribution in [2.45, 2.75) is 22.9 Å². The van der Waals surface area contributed by atoms with E-state index in [1.165, 1.54) is 18.3 Å². The molecule has 0 aliphatic rings. The first kappa shape index (κ1) is 13.0. The van der Waals surface area contributed by atoms with E-state index in [-0.39, 0.29) is 0 Å². The lowest BCUT2D eigenvalue weighted by Crippen LogP contribution is -1.92. The molecule has 94 valence electrons. The highest BCUT2D eigenvalue weighted by Gasteiger charge is 2.07. The molecule has 2 rings (SSSR count). The standard InChI is InChI=1S/C13H11F2NOS/c1-8(17)9-2-5-13(16-7-9)18-12-4-3-10(14)6-11(12)15/h2-8,17H,1H3/t8-/m0/s1. The maximum Gasteiger partial charge on any atom is 0.140 e. The first-order valence-electron chi connectivity index (χ1n) is 5.33. The van der Waals surface area contributed by atoms with Crippen molar-refractivity contribution < 1.29 is 13.9 Å². The summed E-state index contributed by atoms with van der Waals surface area (Å²) in [6.07, 6.45) is 0.952. The number of pyridine rings is 1. The molecule has 0 bridgehead atoms. The molecule has 0 saturated carbocycles. The average Bonchev–Trinajstić information content (AvgIpc) is 2.33. The molecule has 0 amide bonds. The molecule has 1 N–H and O–H groups in total. The number of benzene rings is 1. The second-order valence-corrected chi connectivity index (χ2v) is 4.84. The molecule has 0 fully saturated rings. The molecule has 18 heavy (non-hydrogen) atoms. The zero-order valence-electron chi connectivity index (χ0n) is 9.60. The number of aromatic nitrogens is 1. The molecule has 1 heterocycles. The van der Waals surface area contributed by atoms with Crippen molar-refractivity contribution in [1.29, 1.82) is 0 Å². The normalized spacial score (nSPS) is 12.4. The second kappa shape index (κ2) is 5.46. The summed E-state index contributed by atoms with van der Waals surface area (Å²) in [5, 5.41) is 9.92. The number of hydrogen-bond donors (Lipinski definition) is 1. The summed E-state index contributed by atoms with van der Waals surface area (Å²) in [6, 6.07) is 6.83. The van der Waals surface area contributed by atoms with Crippen LogP contribution in [0.2, 0.25) is 0 Å². The number of aliphatic hydroxyl groups is 1. The number of rotatable bonds is 3. The molecule has 1 aromatic heterocycles. The van der Waals surface area contributed by atoms with E-state index in [2.05, 4.69) is 4.98 Å². The van der Waals surface area contributed by atoms with Gasteiger partial charge in [-0.25, -0.2) is 13.8 Å². The van der Waals surface area contributed by atoms with Crippen molar-refractivity contribution >= 4 is 11.8 Å². The fourth-order valence-corrected chi connectivity index (χ4v) is 2.13. The highest BCUT2D eigenvalue weighted by molar-refractivity contribution is 7.99. The Hall–Kier alpha value is -1.46. The van der Waals surface area contributed by atoms with Gasteiger partial charge in [-0.1, -0.05) is 17.8 Å². The fraction of sp³-hybridized carbons (Fsp3) is 0.154.